The van der Waals surface area contributed by atoms with Crippen LogP contribution >= 0.6 is 0 Å². The van der Waals surface area contributed by atoms with E-state index < -0.39 is 0 Å². The van der Waals surface area contributed by atoms with Gasteiger partial charge < -0.3 is 19.5 Å². The zero-order valence-corrected chi connectivity index (χ0v) is 11.7. The normalized spacial score (nSPS) is 22.6. The second-order valence-electron chi connectivity index (χ2n) is 4.78. The number of hydrogen-bond acceptors (Lipinski definition) is 4. The molecular formula is C15H23NO3. The molecule has 1 heterocycles. The fourth-order valence-corrected chi connectivity index (χ4v) is 2.55. The molecule has 19 heavy (non-hydrogen) atoms. The molecule has 106 valence electrons. The summed E-state index contributed by atoms with van der Waals surface area (Å²) in [6.45, 7) is 3.39. The first-order chi connectivity index (χ1) is 9.36. The Bertz CT molecular complexity index is 383. The first-order valence-corrected chi connectivity index (χ1v) is 6.81. The van der Waals surface area contributed by atoms with Crippen LogP contribution < -0.4 is 10.1 Å². The van der Waals surface area contributed by atoms with Crippen molar-refractivity contribution in [1.82, 2.24) is 5.32 Å². The average Bonchev–Trinajstić information content (AvgIpc) is 2.92. The maximum atomic E-state index is 5.90. The highest BCUT2D eigenvalue weighted by Gasteiger charge is 2.31. The summed E-state index contributed by atoms with van der Waals surface area (Å²) in [5.41, 5.74) is 1.15. The highest BCUT2D eigenvalue weighted by Crippen LogP contribution is 2.38. The fourth-order valence-electron chi connectivity index (χ4n) is 2.55. The summed E-state index contributed by atoms with van der Waals surface area (Å²) in [5.74, 6) is 1.41. The number of ether oxygens (including phenoxy) is 3. The third-order valence-corrected chi connectivity index (χ3v) is 3.55. The van der Waals surface area contributed by atoms with Crippen LogP contribution in [-0.4, -0.2) is 40.5 Å². The van der Waals surface area contributed by atoms with Crippen LogP contribution in [0.15, 0.2) is 24.3 Å². The van der Waals surface area contributed by atoms with Crippen molar-refractivity contribution < 1.29 is 14.2 Å². The molecule has 2 unspecified atom stereocenters. The van der Waals surface area contributed by atoms with Crippen LogP contribution in [0.25, 0.3) is 0 Å². The Balaban J connectivity index is 1.97. The van der Waals surface area contributed by atoms with Gasteiger partial charge in [-0.1, -0.05) is 18.2 Å². The molecule has 2 rings (SSSR count). The number of hydrogen-bond donors (Lipinski definition) is 1. The molecule has 0 aromatic heterocycles. The molecule has 4 nitrogen and oxygen atoms in total. The van der Waals surface area contributed by atoms with Gasteiger partial charge in [0.15, 0.2) is 0 Å². The second-order valence-corrected chi connectivity index (χ2v) is 4.78. The summed E-state index contributed by atoms with van der Waals surface area (Å²) in [4.78, 5) is 0. The minimum atomic E-state index is 0.131. The minimum Gasteiger partial charge on any atom is -0.496 e. The molecule has 0 aliphatic carbocycles. The van der Waals surface area contributed by atoms with Gasteiger partial charge in [0.25, 0.3) is 0 Å². The van der Waals surface area contributed by atoms with Gasteiger partial charge in [-0.15, -0.1) is 0 Å². The Morgan fingerprint density at radius 3 is 2.95 bits per heavy atom. The predicted octanol–water partition coefficient (Wildman–Crippen LogP) is 2.01. The lowest BCUT2D eigenvalue weighted by Gasteiger charge is -2.21. The van der Waals surface area contributed by atoms with Crippen molar-refractivity contribution in [3.05, 3.63) is 29.8 Å². The van der Waals surface area contributed by atoms with Crippen LogP contribution in [-0.2, 0) is 9.47 Å². The summed E-state index contributed by atoms with van der Waals surface area (Å²) in [7, 11) is 3.43. The largest absolute Gasteiger partial charge is 0.496 e. The van der Waals surface area contributed by atoms with Crippen LogP contribution in [0, 0.1) is 5.92 Å². The fraction of sp³-hybridized carbons (Fsp3) is 0.600. The van der Waals surface area contributed by atoms with E-state index in [9.17, 15) is 0 Å². The van der Waals surface area contributed by atoms with Crippen molar-refractivity contribution in [2.45, 2.75) is 12.5 Å². The Morgan fingerprint density at radius 1 is 1.32 bits per heavy atom. The van der Waals surface area contributed by atoms with Gasteiger partial charge in [0.1, 0.15) is 5.75 Å². The van der Waals surface area contributed by atoms with Crippen molar-refractivity contribution in [1.29, 1.82) is 0 Å². The maximum Gasteiger partial charge on any atom is 0.124 e. The molecule has 0 bridgehead atoms. The number of benzene rings is 1. The van der Waals surface area contributed by atoms with E-state index in [2.05, 4.69) is 11.4 Å². The number of methoxy groups -OCH3 is 2. The zero-order valence-electron chi connectivity index (χ0n) is 11.7. The summed E-state index contributed by atoms with van der Waals surface area (Å²) < 4.78 is 16.4. The smallest absolute Gasteiger partial charge is 0.124 e. The van der Waals surface area contributed by atoms with Gasteiger partial charge in [-0.3, -0.25) is 0 Å². The SMILES string of the molecule is COCCNCC1CCOC1c1ccccc1OC. The highest BCUT2D eigenvalue weighted by molar-refractivity contribution is 5.35. The molecule has 2 atom stereocenters. The predicted molar refractivity (Wildman–Crippen MR) is 74.5 cm³/mol. The molecule has 0 radical (unpaired) electrons. The Hall–Kier alpha value is -1.10. The van der Waals surface area contributed by atoms with Gasteiger partial charge in [0, 0.05) is 38.3 Å². The average molecular weight is 265 g/mol. The van der Waals surface area contributed by atoms with Crippen LogP contribution in [0.4, 0.5) is 0 Å². The molecule has 1 aliphatic heterocycles. The zero-order chi connectivity index (χ0) is 13.5. The topological polar surface area (TPSA) is 39.7 Å². The lowest BCUT2D eigenvalue weighted by Crippen LogP contribution is -2.27. The van der Waals surface area contributed by atoms with Crippen LogP contribution in [0.1, 0.15) is 18.1 Å². The standard InChI is InChI=1S/C15H23NO3/c1-17-10-8-16-11-12-7-9-19-15(12)13-5-3-4-6-14(13)18-2/h3-6,12,15-16H,7-11H2,1-2H3. The van der Waals surface area contributed by atoms with Gasteiger partial charge in [-0.25, -0.2) is 0 Å². The van der Waals surface area contributed by atoms with Crippen molar-refractivity contribution >= 4 is 0 Å². The van der Waals surface area contributed by atoms with E-state index in [1.54, 1.807) is 14.2 Å². The lowest BCUT2D eigenvalue weighted by atomic mass is 9.94. The van der Waals surface area contributed by atoms with Gasteiger partial charge >= 0.3 is 0 Å². The number of rotatable bonds is 7. The Labute approximate surface area is 115 Å². The third kappa shape index (κ3) is 3.69. The minimum absolute atomic E-state index is 0.131. The molecule has 1 aromatic rings. The Morgan fingerprint density at radius 2 is 2.16 bits per heavy atom. The van der Waals surface area contributed by atoms with Crippen molar-refractivity contribution in [3.63, 3.8) is 0 Å². The van der Waals surface area contributed by atoms with E-state index in [0.717, 1.165) is 44.0 Å². The quantitative estimate of drug-likeness (QED) is 0.766. The first-order valence-electron chi connectivity index (χ1n) is 6.81. The highest BCUT2D eigenvalue weighted by atomic mass is 16.5. The molecular weight excluding hydrogens is 242 g/mol. The molecule has 4 heteroatoms. The molecule has 0 amide bonds. The summed E-state index contributed by atoms with van der Waals surface area (Å²) >= 11 is 0. The third-order valence-electron chi connectivity index (χ3n) is 3.55. The molecule has 0 spiro atoms. The monoisotopic (exact) mass is 265 g/mol. The van der Waals surface area contributed by atoms with Crippen LogP contribution in [0.5, 0.6) is 5.75 Å². The van der Waals surface area contributed by atoms with E-state index in [4.69, 9.17) is 14.2 Å². The van der Waals surface area contributed by atoms with Crippen molar-refractivity contribution in [3.8, 4) is 5.75 Å². The molecule has 1 aliphatic rings. The van der Waals surface area contributed by atoms with E-state index in [1.165, 1.54) is 0 Å². The summed E-state index contributed by atoms with van der Waals surface area (Å²) in [5, 5.41) is 3.42. The van der Waals surface area contributed by atoms with Crippen molar-refractivity contribution in [2.75, 3.05) is 40.5 Å². The summed E-state index contributed by atoms with van der Waals surface area (Å²) in [6, 6.07) is 8.11. The van der Waals surface area contributed by atoms with E-state index in [0.29, 0.717) is 5.92 Å². The van der Waals surface area contributed by atoms with Crippen LogP contribution in [0.2, 0.25) is 0 Å². The maximum absolute atomic E-state index is 5.90. The molecule has 0 saturated carbocycles. The van der Waals surface area contributed by atoms with Gasteiger partial charge in [-0.2, -0.15) is 0 Å². The van der Waals surface area contributed by atoms with E-state index in [1.807, 2.05) is 18.2 Å². The van der Waals surface area contributed by atoms with Gasteiger partial charge in [0.05, 0.1) is 19.8 Å². The molecule has 1 saturated heterocycles. The van der Waals surface area contributed by atoms with Crippen LogP contribution in [0.3, 0.4) is 0 Å². The number of para-hydroxylation sites is 1. The van der Waals surface area contributed by atoms with Gasteiger partial charge in [-0.05, 0) is 12.5 Å². The molecule has 1 fully saturated rings. The molecule has 1 aromatic carbocycles. The second kappa shape index (κ2) is 7.48. The Kier molecular flexibility index (Phi) is 5.63. The van der Waals surface area contributed by atoms with E-state index >= 15 is 0 Å². The first kappa shape index (κ1) is 14.3. The lowest BCUT2D eigenvalue weighted by molar-refractivity contribution is 0.0876. The molecule has 1 N–H and O–H groups in total. The number of nitrogens with one attached hydrogen (secondary N) is 1. The summed E-state index contributed by atoms with van der Waals surface area (Å²) in [6.07, 6.45) is 1.22. The van der Waals surface area contributed by atoms with Gasteiger partial charge in [0.2, 0.25) is 0 Å². The van der Waals surface area contributed by atoms with E-state index in [-0.39, 0.29) is 6.10 Å². The van der Waals surface area contributed by atoms with Crippen molar-refractivity contribution in [2.24, 2.45) is 5.92 Å².